The Labute approximate surface area is 152 Å². The summed E-state index contributed by atoms with van der Waals surface area (Å²) in [7, 11) is 0. The zero-order valence-electron chi connectivity index (χ0n) is 14.9. The van der Waals surface area contributed by atoms with E-state index in [9.17, 15) is 14.7 Å². The van der Waals surface area contributed by atoms with Crippen LogP contribution in [0.25, 0.3) is 10.8 Å². The van der Waals surface area contributed by atoms with Crippen molar-refractivity contribution in [2.24, 2.45) is 0 Å². The van der Waals surface area contributed by atoms with Crippen LogP contribution >= 0.6 is 0 Å². The lowest BCUT2D eigenvalue weighted by molar-refractivity contribution is -0.161. The Morgan fingerprint density at radius 1 is 1.15 bits per heavy atom. The Balaban J connectivity index is 1.75. The van der Waals surface area contributed by atoms with Gasteiger partial charge in [-0.3, -0.25) is 4.79 Å². The highest BCUT2D eigenvalue weighted by atomic mass is 16.5. The van der Waals surface area contributed by atoms with E-state index in [4.69, 9.17) is 4.74 Å². The van der Waals surface area contributed by atoms with Gasteiger partial charge in [-0.05, 0) is 29.8 Å². The molecule has 1 amide bonds. The van der Waals surface area contributed by atoms with E-state index in [0.717, 1.165) is 10.8 Å². The largest absolute Gasteiger partial charge is 0.478 e. The molecule has 1 heterocycles. The standard InChI is InChI=1S/C21H23NO4/c1-2-3-8-19(23)22-13-11-21(12-14-22,20(24)25)26-18-10-9-16-6-4-5-7-17(16)15-18/h2-7,9-10,15H,8,11-14H2,1H3,(H,24,25)/b3-2+. The number of likely N-dealkylation sites (tertiary alicyclic amines) is 1. The third-order valence-electron chi connectivity index (χ3n) is 4.88. The summed E-state index contributed by atoms with van der Waals surface area (Å²) in [5, 5.41) is 11.9. The Kier molecular flexibility index (Phi) is 5.26. The van der Waals surface area contributed by atoms with Crippen molar-refractivity contribution in [3.05, 3.63) is 54.6 Å². The van der Waals surface area contributed by atoms with Gasteiger partial charge in [-0.15, -0.1) is 0 Å². The van der Waals surface area contributed by atoms with E-state index < -0.39 is 11.6 Å². The minimum Gasteiger partial charge on any atom is -0.478 e. The Bertz CT molecular complexity index is 835. The fourth-order valence-electron chi connectivity index (χ4n) is 3.28. The molecule has 2 aromatic carbocycles. The van der Waals surface area contributed by atoms with Crippen molar-refractivity contribution in [1.29, 1.82) is 0 Å². The van der Waals surface area contributed by atoms with Gasteiger partial charge in [0.1, 0.15) is 5.75 Å². The number of hydrogen-bond donors (Lipinski definition) is 1. The summed E-state index contributed by atoms with van der Waals surface area (Å²) in [6.07, 6.45) is 4.55. The lowest BCUT2D eigenvalue weighted by atomic mass is 9.90. The predicted molar refractivity (Wildman–Crippen MR) is 100 cm³/mol. The normalized spacial score (nSPS) is 16.7. The zero-order valence-corrected chi connectivity index (χ0v) is 14.9. The van der Waals surface area contributed by atoms with E-state index in [0.29, 0.717) is 25.3 Å². The third kappa shape index (κ3) is 3.72. The van der Waals surface area contributed by atoms with Gasteiger partial charge in [-0.25, -0.2) is 4.79 Å². The molecule has 5 nitrogen and oxygen atoms in total. The van der Waals surface area contributed by atoms with Crippen LogP contribution in [-0.4, -0.2) is 40.6 Å². The molecule has 0 aromatic heterocycles. The smallest absolute Gasteiger partial charge is 0.348 e. The lowest BCUT2D eigenvalue weighted by Crippen LogP contribution is -2.54. The molecule has 0 bridgehead atoms. The number of allylic oxidation sites excluding steroid dienone is 1. The lowest BCUT2D eigenvalue weighted by Gasteiger charge is -2.38. The number of ether oxygens (including phenoxy) is 1. The molecule has 0 atom stereocenters. The molecule has 3 rings (SSSR count). The number of rotatable bonds is 5. The van der Waals surface area contributed by atoms with Crippen molar-refractivity contribution < 1.29 is 19.4 Å². The molecule has 0 aliphatic carbocycles. The predicted octanol–water partition coefficient (Wildman–Crippen LogP) is 3.63. The number of nitrogens with zero attached hydrogens (tertiary/aromatic N) is 1. The van der Waals surface area contributed by atoms with Crippen LogP contribution in [0.3, 0.4) is 0 Å². The molecular weight excluding hydrogens is 330 g/mol. The van der Waals surface area contributed by atoms with E-state index >= 15 is 0 Å². The summed E-state index contributed by atoms with van der Waals surface area (Å²) in [5.41, 5.74) is -1.29. The monoisotopic (exact) mass is 353 g/mol. The van der Waals surface area contributed by atoms with Crippen molar-refractivity contribution in [1.82, 2.24) is 4.90 Å². The third-order valence-corrected chi connectivity index (χ3v) is 4.88. The van der Waals surface area contributed by atoms with Gasteiger partial charge in [-0.2, -0.15) is 0 Å². The van der Waals surface area contributed by atoms with Crippen molar-refractivity contribution >= 4 is 22.6 Å². The van der Waals surface area contributed by atoms with Gasteiger partial charge >= 0.3 is 5.97 Å². The molecule has 136 valence electrons. The first-order valence-electron chi connectivity index (χ1n) is 8.84. The van der Waals surface area contributed by atoms with E-state index in [2.05, 4.69) is 0 Å². The summed E-state index contributed by atoms with van der Waals surface area (Å²) < 4.78 is 5.97. The maximum atomic E-state index is 12.1. The molecule has 26 heavy (non-hydrogen) atoms. The molecule has 1 saturated heterocycles. The van der Waals surface area contributed by atoms with E-state index in [1.165, 1.54) is 0 Å². The molecular formula is C21H23NO4. The van der Waals surface area contributed by atoms with Crippen molar-refractivity contribution in [2.45, 2.75) is 31.8 Å². The zero-order chi connectivity index (χ0) is 18.6. The van der Waals surface area contributed by atoms with Gasteiger partial charge in [0.05, 0.1) is 0 Å². The maximum Gasteiger partial charge on any atom is 0.348 e. The molecule has 0 spiro atoms. The Morgan fingerprint density at radius 3 is 2.50 bits per heavy atom. The fourth-order valence-corrected chi connectivity index (χ4v) is 3.28. The van der Waals surface area contributed by atoms with Gasteiger partial charge in [-0.1, -0.05) is 42.5 Å². The second-order valence-corrected chi connectivity index (χ2v) is 6.56. The van der Waals surface area contributed by atoms with Crippen LogP contribution in [0.15, 0.2) is 54.6 Å². The van der Waals surface area contributed by atoms with Crippen LogP contribution in [0.2, 0.25) is 0 Å². The topological polar surface area (TPSA) is 66.8 Å². The highest BCUT2D eigenvalue weighted by molar-refractivity contribution is 5.84. The molecule has 1 aliphatic heterocycles. The van der Waals surface area contributed by atoms with Crippen LogP contribution in [0.5, 0.6) is 5.75 Å². The number of fused-ring (bicyclic) bond motifs is 1. The van der Waals surface area contributed by atoms with Gasteiger partial charge in [0.25, 0.3) is 0 Å². The summed E-state index contributed by atoms with van der Waals surface area (Å²) in [5.74, 6) is -0.418. The number of benzene rings is 2. The number of carbonyl (C=O) groups excluding carboxylic acids is 1. The second-order valence-electron chi connectivity index (χ2n) is 6.56. The summed E-state index contributed by atoms with van der Waals surface area (Å²) in [6.45, 7) is 2.64. The number of hydrogen-bond acceptors (Lipinski definition) is 3. The van der Waals surface area contributed by atoms with Gasteiger partial charge < -0.3 is 14.7 Å². The van der Waals surface area contributed by atoms with E-state index in [-0.39, 0.29) is 18.7 Å². The Morgan fingerprint density at radius 2 is 1.85 bits per heavy atom. The quantitative estimate of drug-likeness (QED) is 0.834. The molecule has 5 heteroatoms. The van der Waals surface area contributed by atoms with Crippen LogP contribution in [0, 0.1) is 0 Å². The van der Waals surface area contributed by atoms with E-state index in [1.54, 1.807) is 11.0 Å². The Hall–Kier alpha value is -2.82. The van der Waals surface area contributed by atoms with Crippen LogP contribution in [-0.2, 0) is 9.59 Å². The van der Waals surface area contributed by atoms with Crippen LogP contribution < -0.4 is 4.74 Å². The van der Waals surface area contributed by atoms with Crippen molar-refractivity contribution in [2.75, 3.05) is 13.1 Å². The maximum absolute atomic E-state index is 12.1. The van der Waals surface area contributed by atoms with Crippen LogP contribution in [0.4, 0.5) is 0 Å². The first-order valence-corrected chi connectivity index (χ1v) is 8.84. The molecule has 0 radical (unpaired) electrons. The fraction of sp³-hybridized carbons (Fsp3) is 0.333. The molecule has 1 fully saturated rings. The minimum atomic E-state index is -1.29. The highest BCUT2D eigenvalue weighted by Gasteiger charge is 2.44. The van der Waals surface area contributed by atoms with Crippen LogP contribution in [0.1, 0.15) is 26.2 Å². The molecule has 1 aliphatic rings. The molecule has 1 N–H and O–H groups in total. The molecule has 0 saturated carbocycles. The van der Waals surface area contributed by atoms with Crippen molar-refractivity contribution in [3.63, 3.8) is 0 Å². The van der Waals surface area contributed by atoms with Gasteiger partial charge in [0.15, 0.2) is 0 Å². The first-order chi connectivity index (χ1) is 12.5. The summed E-state index contributed by atoms with van der Waals surface area (Å²) in [6, 6.07) is 13.5. The molecule has 0 unspecified atom stereocenters. The number of piperidine rings is 1. The minimum absolute atomic E-state index is 0.0211. The van der Waals surface area contributed by atoms with E-state index in [1.807, 2.05) is 55.5 Å². The first kappa shape index (κ1) is 18.0. The number of amides is 1. The summed E-state index contributed by atoms with van der Waals surface area (Å²) >= 11 is 0. The second kappa shape index (κ2) is 7.60. The molecule has 2 aromatic rings. The number of carboxylic acids is 1. The average Bonchev–Trinajstić information content (AvgIpc) is 2.66. The average molecular weight is 353 g/mol. The summed E-state index contributed by atoms with van der Waals surface area (Å²) in [4.78, 5) is 25.8. The SMILES string of the molecule is C/C=C/CC(=O)N1CCC(Oc2ccc3ccccc3c2)(C(=O)O)CC1. The number of carbonyl (C=O) groups is 2. The highest BCUT2D eigenvalue weighted by Crippen LogP contribution is 2.31. The van der Waals surface area contributed by atoms with Gasteiger partial charge in [0, 0.05) is 32.4 Å². The number of aliphatic carboxylic acids is 1. The van der Waals surface area contributed by atoms with Crippen molar-refractivity contribution in [3.8, 4) is 5.75 Å². The number of carboxylic acid groups (broad SMARTS) is 1. The van der Waals surface area contributed by atoms with Gasteiger partial charge in [0.2, 0.25) is 11.5 Å².